The van der Waals surface area contributed by atoms with Gasteiger partial charge in [0.05, 0.1) is 16.8 Å². The summed E-state index contributed by atoms with van der Waals surface area (Å²) in [5, 5.41) is 8.88. The Kier molecular flexibility index (Phi) is 3.62. The van der Waals surface area contributed by atoms with Crippen molar-refractivity contribution < 1.29 is 4.39 Å². The molecule has 0 unspecified atom stereocenters. The Hall–Kier alpha value is -3.74. The molecule has 0 saturated carbocycles. The minimum absolute atomic E-state index is 0.187. The van der Waals surface area contributed by atoms with Gasteiger partial charge in [0.25, 0.3) is 0 Å². The molecule has 0 bridgehead atoms. The summed E-state index contributed by atoms with van der Waals surface area (Å²) in [5.74, 6) is 5.72. The third kappa shape index (κ3) is 2.55. The number of fused-ring (bicyclic) bond motifs is 1. The molecule has 6 nitrogen and oxygen atoms in total. The third-order valence-electron chi connectivity index (χ3n) is 4.21. The van der Waals surface area contributed by atoms with Crippen molar-refractivity contribution in [2.45, 2.75) is 0 Å². The van der Waals surface area contributed by atoms with Crippen molar-refractivity contribution >= 4 is 16.7 Å². The van der Waals surface area contributed by atoms with E-state index >= 15 is 0 Å². The van der Waals surface area contributed by atoms with E-state index in [0.29, 0.717) is 16.8 Å². The number of nitrogens with one attached hydrogen (secondary N) is 1. The number of anilines is 1. The average molecular weight is 346 g/mol. The van der Waals surface area contributed by atoms with Crippen LogP contribution in [0.1, 0.15) is 0 Å². The molecule has 0 aliphatic rings. The van der Waals surface area contributed by atoms with Crippen molar-refractivity contribution in [2.24, 2.45) is 0 Å². The first-order valence-corrected chi connectivity index (χ1v) is 7.88. The maximum Gasteiger partial charge on any atom is 0.243 e. The van der Waals surface area contributed by atoms with E-state index in [-0.39, 0.29) is 17.3 Å². The molecule has 2 aromatic heterocycles. The lowest BCUT2D eigenvalue weighted by atomic mass is 9.98. The van der Waals surface area contributed by atoms with Gasteiger partial charge in [-0.3, -0.25) is 10.4 Å². The van der Waals surface area contributed by atoms with Crippen LogP contribution in [0.5, 0.6) is 0 Å². The second-order valence-corrected chi connectivity index (χ2v) is 5.83. The predicted molar refractivity (Wildman–Crippen MR) is 98.8 cm³/mol. The van der Waals surface area contributed by atoms with E-state index in [1.807, 2.05) is 30.3 Å². The first-order chi connectivity index (χ1) is 12.5. The second kappa shape index (κ2) is 5.96. The van der Waals surface area contributed by atoms with Gasteiger partial charge in [0.2, 0.25) is 5.62 Å². The van der Waals surface area contributed by atoms with Gasteiger partial charge in [-0.25, -0.2) is 14.1 Å². The number of aromatic nitrogens is 3. The number of nitrogens with two attached hydrogens (primary N) is 2. The summed E-state index contributed by atoms with van der Waals surface area (Å²) in [4.78, 5) is 8.59. The zero-order valence-electron chi connectivity index (χ0n) is 13.6. The third-order valence-corrected chi connectivity index (χ3v) is 4.21. The fraction of sp³-hybridized carbons (Fsp3) is 0. The Bertz CT molecular complexity index is 1180. The minimum atomic E-state index is -0.351. The Morgan fingerprint density at radius 3 is 2.50 bits per heavy atom. The number of pyridine rings is 1. The molecule has 26 heavy (non-hydrogen) atoms. The summed E-state index contributed by atoms with van der Waals surface area (Å²) >= 11 is 0. The molecule has 4 aromatic rings. The minimum Gasteiger partial charge on any atom is -0.383 e. The number of nitrogen functional groups attached to an aromatic ring is 2. The van der Waals surface area contributed by atoms with Crippen molar-refractivity contribution in [1.29, 1.82) is 5.41 Å². The van der Waals surface area contributed by atoms with Gasteiger partial charge in [-0.1, -0.05) is 12.1 Å². The predicted octanol–water partition coefficient (Wildman–Crippen LogP) is 2.68. The zero-order chi connectivity index (χ0) is 18.3. The maximum atomic E-state index is 13.3. The number of halogens is 1. The lowest BCUT2D eigenvalue weighted by Gasteiger charge is -2.15. The number of rotatable bonds is 2. The van der Waals surface area contributed by atoms with E-state index in [4.69, 9.17) is 17.0 Å². The summed E-state index contributed by atoms with van der Waals surface area (Å²) in [6, 6.07) is 15.4. The van der Waals surface area contributed by atoms with Crippen LogP contribution in [0, 0.1) is 11.2 Å². The number of hydrogen-bond donors (Lipinski definition) is 3. The molecule has 0 radical (unpaired) electrons. The van der Waals surface area contributed by atoms with E-state index in [0.717, 1.165) is 21.1 Å². The van der Waals surface area contributed by atoms with Gasteiger partial charge in [-0.2, -0.15) is 0 Å². The highest BCUT2D eigenvalue weighted by molar-refractivity contribution is 5.92. The summed E-state index contributed by atoms with van der Waals surface area (Å²) in [6.45, 7) is 0. The molecule has 0 aliphatic heterocycles. The summed E-state index contributed by atoms with van der Waals surface area (Å²) < 4.78 is 14.3. The van der Waals surface area contributed by atoms with E-state index < -0.39 is 0 Å². The van der Waals surface area contributed by atoms with Crippen LogP contribution in [0.25, 0.3) is 33.3 Å². The molecule has 0 atom stereocenters. The second-order valence-electron chi connectivity index (χ2n) is 5.83. The Labute approximate surface area is 148 Å². The van der Waals surface area contributed by atoms with Gasteiger partial charge in [-0.15, -0.1) is 0 Å². The highest BCUT2D eigenvalue weighted by Gasteiger charge is 2.17. The average Bonchev–Trinajstić information content (AvgIpc) is 2.66. The molecule has 0 spiro atoms. The molecule has 2 heterocycles. The van der Waals surface area contributed by atoms with E-state index in [1.54, 1.807) is 18.3 Å². The molecule has 5 N–H and O–H groups in total. The first kappa shape index (κ1) is 15.8. The van der Waals surface area contributed by atoms with Gasteiger partial charge in [-0.05, 0) is 48.0 Å². The SMILES string of the molecule is N=c1nc(-c2ccc(F)cc2)c(-c2ccc3ncccc3c2)c(N)n1N. The smallest absolute Gasteiger partial charge is 0.243 e. The Morgan fingerprint density at radius 1 is 1.00 bits per heavy atom. The molecule has 0 aliphatic carbocycles. The van der Waals surface area contributed by atoms with Gasteiger partial charge in [0.15, 0.2) is 0 Å². The van der Waals surface area contributed by atoms with E-state index in [9.17, 15) is 4.39 Å². The fourth-order valence-electron chi connectivity index (χ4n) is 2.90. The van der Waals surface area contributed by atoms with Crippen LogP contribution in [0.4, 0.5) is 10.2 Å². The van der Waals surface area contributed by atoms with Crippen LogP contribution in [-0.2, 0) is 0 Å². The standard InChI is InChI=1S/C19H15FN6/c20-14-6-3-11(4-7-14)17-16(18(21)26(23)19(22)25-17)13-5-8-15-12(10-13)2-1-9-24-15/h1-10,22H,21,23H2. The van der Waals surface area contributed by atoms with E-state index in [2.05, 4.69) is 9.97 Å². The van der Waals surface area contributed by atoms with Gasteiger partial charge in [0, 0.05) is 17.1 Å². The molecular formula is C19H15FN6. The van der Waals surface area contributed by atoms with Gasteiger partial charge in [0.1, 0.15) is 11.6 Å². The first-order valence-electron chi connectivity index (χ1n) is 7.88. The van der Waals surface area contributed by atoms with Crippen molar-refractivity contribution in [1.82, 2.24) is 14.6 Å². The Morgan fingerprint density at radius 2 is 1.73 bits per heavy atom. The van der Waals surface area contributed by atoms with E-state index in [1.165, 1.54) is 12.1 Å². The molecule has 2 aromatic carbocycles. The van der Waals surface area contributed by atoms with Gasteiger partial charge < -0.3 is 11.6 Å². The van der Waals surface area contributed by atoms with Crippen LogP contribution >= 0.6 is 0 Å². The molecule has 4 rings (SSSR count). The molecule has 0 fully saturated rings. The normalized spacial score (nSPS) is 11.0. The fourth-order valence-corrected chi connectivity index (χ4v) is 2.90. The monoisotopic (exact) mass is 346 g/mol. The van der Waals surface area contributed by atoms with Crippen LogP contribution in [-0.4, -0.2) is 14.6 Å². The van der Waals surface area contributed by atoms with Crippen LogP contribution < -0.4 is 17.2 Å². The van der Waals surface area contributed by atoms with Crippen LogP contribution in [0.2, 0.25) is 0 Å². The summed E-state index contributed by atoms with van der Waals surface area (Å²) in [6.07, 6.45) is 1.73. The summed E-state index contributed by atoms with van der Waals surface area (Å²) in [5.41, 5.74) is 9.37. The highest BCUT2D eigenvalue weighted by atomic mass is 19.1. The highest BCUT2D eigenvalue weighted by Crippen LogP contribution is 2.34. The van der Waals surface area contributed by atoms with Crippen molar-refractivity contribution in [3.8, 4) is 22.4 Å². The number of hydrogen-bond acceptors (Lipinski definition) is 5. The topological polar surface area (TPSA) is 107 Å². The lowest BCUT2D eigenvalue weighted by Crippen LogP contribution is -2.32. The molecule has 0 amide bonds. The number of benzene rings is 2. The van der Waals surface area contributed by atoms with Gasteiger partial charge >= 0.3 is 0 Å². The molecule has 0 saturated heterocycles. The molecule has 128 valence electrons. The summed E-state index contributed by atoms with van der Waals surface area (Å²) in [7, 11) is 0. The number of nitrogens with zero attached hydrogens (tertiary/aromatic N) is 3. The quantitative estimate of drug-likeness (QED) is 0.485. The molecule has 7 heteroatoms. The van der Waals surface area contributed by atoms with Crippen molar-refractivity contribution in [3.63, 3.8) is 0 Å². The molecular weight excluding hydrogens is 331 g/mol. The van der Waals surface area contributed by atoms with Crippen LogP contribution in [0.15, 0.2) is 60.8 Å². The lowest BCUT2D eigenvalue weighted by molar-refractivity contribution is 0.628. The Balaban J connectivity index is 2.03. The van der Waals surface area contributed by atoms with Crippen LogP contribution in [0.3, 0.4) is 0 Å². The van der Waals surface area contributed by atoms with Crippen molar-refractivity contribution in [2.75, 3.05) is 11.6 Å². The zero-order valence-corrected chi connectivity index (χ0v) is 13.6. The largest absolute Gasteiger partial charge is 0.383 e. The maximum absolute atomic E-state index is 13.3. The van der Waals surface area contributed by atoms with Crippen molar-refractivity contribution in [3.05, 3.63) is 72.2 Å².